The zero-order valence-corrected chi connectivity index (χ0v) is 12.4. The Morgan fingerprint density at radius 1 is 1.35 bits per heavy atom. The van der Waals surface area contributed by atoms with E-state index in [1.54, 1.807) is 4.68 Å². The van der Waals surface area contributed by atoms with Gasteiger partial charge in [-0.1, -0.05) is 25.4 Å². The van der Waals surface area contributed by atoms with Gasteiger partial charge in [0.25, 0.3) is 0 Å². The summed E-state index contributed by atoms with van der Waals surface area (Å²) < 4.78 is 1.77. The fourth-order valence-corrected chi connectivity index (χ4v) is 2.68. The van der Waals surface area contributed by atoms with Gasteiger partial charge in [0, 0.05) is 19.2 Å². The predicted octanol–water partition coefficient (Wildman–Crippen LogP) is 2.95. The highest BCUT2D eigenvalue weighted by Crippen LogP contribution is 2.33. The van der Waals surface area contributed by atoms with Gasteiger partial charge in [-0.15, -0.1) is 0 Å². The molecule has 0 aliphatic rings. The third-order valence-electron chi connectivity index (χ3n) is 3.87. The number of aromatic nitrogens is 2. The molecule has 0 fully saturated rings. The van der Waals surface area contributed by atoms with E-state index >= 15 is 0 Å². The lowest BCUT2D eigenvalue weighted by molar-refractivity contribution is 0.253. The predicted molar refractivity (Wildman–Crippen MR) is 73.6 cm³/mol. The second-order valence-electron chi connectivity index (χ2n) is 4.89. The van der Waals surface area contributed by atoms with Crippen molar-refractivity contribution < 1.29 is 0 Å². The SMILES string of the molecule is CCC(CC)(CNC)Cc1c(C)nn(C)c1Cl. The monoisotopic (exact) mass is 257 g/mol. The number of hydrogen-bond acceptors (Lipinski definition) is 2. The zero-order chi connectivity index (χ0) is 13.1. The Morgan fingerprint density at radius 2 is 1.94 bits per heavy atom. The minimum Gasteiger partial charge on any atom is -0.319 e. The number of nitrogens with zero attached hydrogens (tertiary/aromatic N) is 2. The molecule has 0 atom stereocenters. The lowest BCUT2D eigenvalue weighted by atomic mass is 9.77. The van der Waals surface area contributed by atoms with E-state index in [9.17, 15) is 0 Å². The van der Waals surface area contributed by atoms with E-state index in [4.69, 9.17) is 11.6 Å². The maximum Gasteiger partial charge on any atom is 0.130 e. The molecule has 1 N–H and O–H groups in total. The molecule has 0 saturated heterocycles. The van der Waals surface area contributed by atoms with Gasteiger partial charge in [0.2, 0.25) is 0 Å². The third-order valence-corrected chi connectivity index (χ3v) is 4.35. The van der Waals surface area contributed by atoms with E-state index < -0.39 is 0 Å². The molecule has 0 amide bonds. The summed E-state index contributed by atoms with van der Waals surface area (Å²) in [5.41, 5.74) is 2.54. The molecule has 1 aromatic heterocycles. The highest BCUT2D eigenvalue weighted by molar-refractivity contribution is 6.30. The molecule has 0 bridgehead atoms. The highest BCUT2D eigenvalue weighted by atomic mass is 35.5. The van der Waals surface area contributed by atoms with Crippen molar-refractivity contribution in [1.82, 2.24) is 15.1 Å². The lowest BCUT2D eigenvalue weighted by Crippen LogP contribution is -2.33. The zero-order valence-electron chi connectivity index (χ0n) is 11.6. The van der Waals surface area contributed by atoms with E-state index in [1.165, 1.54) is 5.56 Å². The molecule has 98 valence electrons. The van der Waals surface area contributed by atoms with Crippen LogP contribution in [0.1, 0.15) is 37.9 Å². The summed E-state index contributed by atoms with van der Waals surface area (Å²) in [6, 6.07) is 0. The van der Waals surface area contributed by atoms with Crippen molar-refractivity contribution >= 4 is 11.6 Å². The van der Waals surface area contributed by atoms with Crippen LogP contribution in [0.25, 0.3) is 0 Å². The van der Waals surface area contributed by atoms with Crippen LogP contribution >= 0.6 is 11.6 Å². The maximum absolute atomic E-state index is 6.31. The molecule has 0 unspecified atom stereocenters. The fraction of sp³-hybridized carbons (Fsp3) is 0.769. The number of halogens is 1. The first-order valence-corrected chi connectivity index (χ1v) is 6.70. The van der Waals surface area contributed by atoms with Crippen molar-refractivity contribution in [2.24, 2.45) is 12.5 Å². The van der Waals surface area contributed by atoms with Gasteiger partial charge >= 0.3 is 0 Å². The van der Waals surface area contributed by atoms with Crippen LogP contribution in [0.4, 0.5) is 0 Å². The Kier molecular flexibility index (Phi) is 5.02. The lowest BCUT2D eigenvalue weighted by Gasteiger charge is -2.31. The van der Waals surface area contributed by atoms with Crippen LogP contribution < -0.4 is 5.32 Å². The molecule has 4 heteroatoms. The van der Waals surface area contributed by atoms with Crippen molar-refractivity contribution in [1.29, 1.82) is 0 Å². The molecule has 1 heterocycles. The molecular weight excluding hydrogens is 234 g/mol. The molecule has 0 aromatic carbocycles. The fourth-order valence-electron chi connectivity index (χ4n) is 2.44. The molecular formula is C13H24ClN3. The first kappa shape index (κ1) is 14.5. The standard InChI is InChI=1S/C13H24ClN3/c1-6-13(7-2,9-15-4)8-11-10(3)16-17(5)12(11)14/h15H,6-9H2,1-5H3. The number of rotatable bonds is 6. The average molecular weight is 258 g/mol. The Hall–Kier alpha value is -0.540. The van der Waals surface area contributed by atoms with Crippen molar-refractivity contribution in [3.8, 4) is 0 Å². The Morgan fingerprint density at radius 3 is 2.29 bits per heavy atom. The molecule has 0 aliphatic heterocycles. The summed E-state index contributed by atoms with van der Waals surface area (Å²) in [7, 11) is 3.91. The largest absolute Gasteiger partial charge is 0.319 e. The van der Waals surface area contributed by atoms with Crippen LogP contribution in [-0.4, -0.2) is 23.4 Å². The number of aryl methyl sites for hydroxylation is 2. The van der Waals surface area contributed by atoms with Crippen molar-refractivity contribution in [2.75, 3.05) is 13.6 Å². The first-order valence-electron chi connectivity index (χ1n) is 6.32. The summed E-state index contributed by atoms with van der Waals surface area (Å²) in [5, 5.41) is 8.48. The quantitative estimate of drug-likeness (QED) is 0.849. The summed E-state index contributed by atoms with van der Waals surface area (Å²) in [6.45, 7) is 7.56. The van der Waals surface area contributed by atoms with Gasteiger partial charge in [-0.3, -0.25) is 4.68 Å². The van der Waals surface area contributed by atoms with Crippen LogP contribution in [0.2, 0.25) is 5.15 Å². The number of hydrogen-bond donors (Lipinski definition) is 1. The molecule has 3 nitrogen and oxygen atoms in total. The van der Waals surface area contributed by atoms with E-state index in [1.807, 2.05) is 21.0 Å². The molecule has 0 radical (unpaired) electrons. The molecule has 0 saturated carbocycles. The molecule has 17 heavy (non-hydrogen) atoms. The second-order valence-corrected chi connectivity index (χ2v) is 5.25. The molecule has 1 aromatic rings. The van der Waals surface area contributed by atoms with E-state index in [2.05, 4.69) is 24.3 Å². The summed E-state index contributed by atoms with van der Waals surface area (Å²) in [4.78, 5) is 0. The van der Waals surface area contributed by atoms with E-state index in [0.717, 1.165) is 36.7 Å². The van der Waals surface area contributed by atoms with E-state index in [0.29, 0.717) is 0 Å². The van der Waals surface area contributed by atoms with Crippen LogP contribution in [0.5, 0.6) is 0 Å². The Bertz CT molecular complexity index is 367. The van der Waals surface area contributed by atoms with Crippen molar-refractivity contribution in [2.45, 2.75) is 40.0 Å². The maximum atomic E-state index is 6.31. The van der Waals surface area contributed by atoms with E-state index in [-0.39, 0.29) is 5.41 Å². The normalized spacial score (nSPS) is 12.1. The van der Waals surface area contributed by atoms with Crippen molar-refractivity contribution in [3.63, 3.8) is 0 Å². The van der Waals surface area contributed by atoms with Crippen molar-refractivity contribution in [3.05, 3.63) is 16.4 Å². The van der Waals surface area contributed by atoms with Crippen LogP contribution in [0, 0.1) is 12.3 Å². The van der Waals surface area contributed by atoms with Gasteiger partial charge in [0.15, 0.2) is 0 Å². The van der Waals surface area contributed by atoms with Gasteiger partial charge in [0.05, 0.1) is 5.69 Å². The molecule has 0 spiro atoms. The van der Waals surface area contributed by atoms with Crippen LogP contribution in [0.3, 0.4) is 0 Å². The summed E-state index contributed by atoms with van der Waals surface area (Å²) in [6.07, 6.45) is 3.29. The Balaban J connectivity index is 3.00. The van der Waals surface area contributed by atoms with Gasteiger partial charge in [-0.25, -0.2) is 0 Å². The van der Waals surface area contributed by atoms with Gasteiger partial charge in [-0.05, 0) is 38.6 Å². The molecule has 1 rings (SSSR count). The van der Waals surface area contributed by atoms with Crippen LogP contribution in [0.15, 0.2) is 0 Å². The third kappa shape index (κ3) is 3.02. The van der Waals surface area contributed by atoms with Crippen LogP contribution in [-0.2, 0) is 13.5 Å². The first-order chi connectivity index (χ1) is 7.99. The number of nitrogens with one attached hydrogen (secondary N) is 1. The molecule has 0 aliphatic carbocycles. The minimum absolute atomic E-state index is 0.284. The second kappa shape index (κ2) is 5.87. The van der Waals surface area contributed by atoms with Gasteiger partial charge < -0.3 is 5.32 Å². The average Bonchev–Trinajstić information content (AvgIpc) is 2.55. The topological polar surface area (TPSA) is 29.9 Å². The summed E-state index contributed by atoms with van der Waals surface area (Å²) in [5.74, 6) is 0. The highest BCUT2D eigenvalue weighted by Gasteiger charge is 2.28. The summed E-state index contributed by atoms with van der Waals surface area (Å²) >= 11 is 6.31. The van der Waals surface area contributed by atoms with Gasteiger partial charge in [-0.2, -0.15) is 5.10 Å². The minimum atomic E-state index is 0.284. The van der Waals surface area contributed by atoms with Gasteiger partial charge in [0.1, 0.15) is 5.15 Å². The Labute approximate surface area is 110 Å². The smallest absolute Gasteiger partial charge is 0.130 e.